The number of nitrogens with two attached hydrogens (primary N) is 1. The molecule has 1 aromatic rings. The molecule has 0 atom stereocenters. The van der Waals surface area contributed by atoms with Gasteiger partial charge in [0.25, 0.3) is 0 Å². The molecule has 4 nitrogen and oxygen atoms in total. The molecule has 0 spiro atoms. The van der Waals surface area contributed by atoms with Crippen molar-refractivity contribution in [3.05, 3.63) is 15.1 Å². The zero-order chi connectivity index (χ0) is 11.6. The molecule has 0 aliphatic heterocycles. The van der Waals surface area contributed by atoms with Crippen molar-refractivity contribution in [3.63, 3.8) is 0 Å². The molecule has 15 heavy (non-hydrogen) atoms. The van der Waals surface area contributed by atoms with E-state index in [9.17, 15) is 0 Å². The van der Waals surface area contributed by atoms with Gasteiger partial charge in [-0.1, -0.05) is 0 Å². The first-order valence-corrected chi connectivity index (χ1v) is 5.90. The minimum atomic E-state index is -0.488. The number of hydrogen-bond donors (Lipinski definition) is 1. The first-order chi connectivity index (χ1) is 6.88. The summed E-state index contributed by atoms with van der Waals surface area (Å²) in [6, 6.07) is 0. The normalized spacial score (nSPS) is 11.8. The van der Waals surface area contributed by atoms with Crippen LogP contribution in [-0.2, 0) is 10.3 Å². The molecule has 5 heteroatoms. The standard InChI is InChI=1S/C10H16IN3O/c1-5-15-10(3,4)9-13-6(2)7(11)8(12)14-9/h5H2,1-4H3,(H2,12,13,14). The molecule has 1 rings (SSSR count). The summed E-state index contributed by atoms with van der Waals surface area (Å²) in [6.45, 7) is 8.38. The highest BCUT2D eigenvalue weighted by atomic mass is 127. The molecule has 0 aliphatic rings. The molecule has 0 saturated carbocycles. The van der Waals surface area contributed by atoms with Gasteiger partial charge in [-0.15, -0.1) is 0 Å². The summed E-state index contributed by atoms with van der Waals surface area (Å²) in [5.74, 6) is 1.16. The highest BCUT2D eigenvalue weighted by Crippen LogP contribution is 2.24. The van der Waals surface area contributed by atoms with Crippen molar-refractivity contribution in [2.45, 2.75) is 33.3 Å². The van der Waals surface area contributed by atoms with Crippen LogP contribution in [0.4, 0.5) is 5.82 Å². The lowest BCUT2D eigenvalue weighted by Gasteiger charge is -2.23. The molecule has 0 unspecified atom stereocenters. The number of nitrogen functional groups attached to an aromatic ring is 1. The maximum absolute atomic E-state index is 5.80. The molecule has 1 heterocycles. The van der Waals surface area contributed by atoms with Crippen LogP contribution in [0.1, 0.15) is 32.3 Å². The highest BCUT2D eigenvalue weighted by Gasteiger charge is 2.25. The number of rotatable bonds is 3. The van der Waals surface area contributed by atoms with E-state index < -0.39 is 5.60 Å². The first-order valence-electron chi connectivity index (χ1n) is 4.82. The number of aromatic nitrogens is 2. The van der Waals surface area contributed by atoms with Crippen LogP contribution >= 0.6 is 22.6 Å². The van der Waals surface area contributed by atoms with E-state index in [0.29, 0.717) is 18.2 Å². The Morgan fingerprint density at radius 2 is 2.00 bits per heavy atom. The van der Waals surface area contributed by atoms with E-state index in [2.05, 4.69) is 32.6 Å². The Kier molecular flexibility index (Phi) is 3.88. The van der Waals surface area contributed by atoms with Crippen LogP contribution < -0.4 is 5.73 Å². The fraction of sp³-hybridized carbons (Fsp3) is 0.600. The van der Waals surface area contributed by atoms with Crippen molar-refractivity contribution in [1.29, 1.82) is 0 Å². The van der Waals surface area contributed by atoms with Gasteiger partial charge in [-0.25, -0.2) is 9.97 Å². The van der Waals surface area contributed by atoms with Crippen LogP contribution in [0.5, 0.6) is 0 Å². The third-order valence-corrected chi connectivity index (χ3v) is 3.42. The zero-order valence-electron chi connectivity index (χ0n) is 9.47. The Morgan fingerprint density at radius 3 is 2.47 bits per heavy atom. The largest absolute Gasteiger partial charge is 0.383 e. The molecule has 0 saturated heterocycles. The predicted octanol–water partition coefficient (Wildman–Crippen LogP) is 2.24. The SMILES string of the molecule is CCOC(C)(C)c1nc(C)c(I)c(N)n1. The van der Waals surface area contributed by atoms with Gasteiger partial charge in [0.2, 0.25) is 0 Å². The Hall–Kier alpha value is -0.430. The summed E-state index contributed by atoms with van der Waals surface area (Å²) >= 11 is 2.14. The number of hydrogen-bond acceptors (Lipinski definition) is 4. The van der Waals surface area contributed by atoms with E-state index in [4.69, 9.17) is 10.5 Å². The number of halogens is 1. The van der Waals surface area contributed by atoms with E-state index in [1.165, 1.54) is 0 Å². The van der Waals surface area contributed by atoms with Gasteiger partial charge in [0.1, 0.15) is 11.4 Å². The van der Waals surface area contributed by atoms with Crippen LogP contribution in [0.25, 0.3) is 0 Å². The number of nitrogens with zero attached hydrogens (tertiary/aromatic N) is 2. The lowest BCUT2D eigenvalue weighted by Crippen LogP contribution is -2.26. The molecule has 0 aromatic carbocycles. The molecule has 1 aromatic heterocycles. The van der Waals surface area contributed by atoms with Crippen LogP contribution in [0.3, 0.4) is 0 Å². The fourth-order valence-electron chi connectivity index (χ4n) is 1.28. The fourth-order valence-corrected chi connectivity index (χ4v) is 1.52. The second kappa shape index (κ2) is 4.61. The van der Waals surface area contributed by atoms with Gasteiger partial charge in [0.05, 0.1) is 9.26 Å². The van der Waals surface area contributed by atoms with Gasteiger partial charge in [-0.2, -0.15) is 0 Å². The molecular weight excluding hydrogens is 305 g/mol. The number of ether oxygens (including phenoxy) is 1. The summed E-state index contributed by atoms with van der Waals surface area (Å²) in [5, 5.41) is 0. The second-order valence-corrected chi connectivity index (χ2v) is 4.85. The van der Waals surface area contributed by atoms with Gasteiger partial charge in [-0.3, -0.25) is 0 Å². The third kappa shape index (κ3) is 2.78. The highest BCUT2D eigenvalue weighted by molar-refractivity contribution is 14.1. The van der Waals surface area contributed by atoms with Crippen LogP contribution in [0.2, 0.25) is 0 Å². The molecule has 0 aliphatic carbocycles. The summed E-state index contributed by atoms with van der Waals surface area (Å²) < 4.78 is 6.49. The van der Waals surface area contributed by atoms with Gasteiger partial charge < -0.3 is 10.5 Å². The predicted molar refractivity (Wildman–Crippen MR) is 68.6 cm³/mol. The van der Waals surface area contributed by atoms with Crippen LogP contribution in [0, 0.1) is 10.5 Å². The van der Waals surface area contributed by atoms with Gasteiger partial charge in [0.15, 0.2) is 5.82 Å². The van der Waals surface area contributed by atoms with Gasteiger partial charge >= 0.3 is 0 Å². The van der Waals surface area contributed by atoms with Crippen molar-refractivity contribution >= 4 is 28.4 Å². The maximum atomic E-state index is 5.80. The zero-order valence-corrected chi connectivity index (χ0v) is 11.6. The average Bonchev–Trinajstić information content (AvgIpc) is 2.13. The molecule has 0 fully saturated rings. The molecule has 0 amide bonds. The van der Waals surface area contributed by atoms with Crippen molar-refractivity contribution < 1.29 is 4.74 Å². The Labute approximate surface area is 104 Å². The molecular formula is C10H16IN3O. The van der Waals surface area contributed by atoms with Crippen LogP contribution in [0.15, 0.2) is 0 Å². The lowest BCUT2D eigenvalue weighted by molar-refractivity contribution is -0.0208. The van der Waals surface area contributed by atoms with E-state index >= 15 is 0 Å². The van der Waals surface area contributed by atoms with E-state index in [1.54, 1.807) is 0 Å². The second-order valence-electron chi connectivity index (χ2n) is 3.78. The lowest BCUT2D eigenvalue weighted by atomic mass is 10.1. The Balaban J connectivity index is 3.16. The minimum Gasteiger partial charge on any atom is -0.383 e. The van der Waals surface area contributed by atoms with Crippen molar-refractivity contribution in [1.82, 2.24) is 9.97 Å². The Morgan fingerprint density at radius 1 is 1.40 bits per heavy atom. The third-order valence-electron chi connectivity index (χ3n) is 2.09. The molecule has 84 valence electrons. The summed E-state index contributed by atoms with van der Waals surface area (Å²) in [4.78, 5) is 8.66. The van der Waals surface area contributed by atoms with Crippen molar-refractivity contribution in [2.75, 3.05) is 12.3 Å². The molecule has 2 N–H and O–H groups in total. The van der Waals surface area contributed by atoms with E-state index in [1.807, 2.05) is 27.7 Å². The topological polar surface area (TPSA) is 61.0 Å². The summed E-state index contributed by atoms with van der Waals surface area (Å²) in [7, 11) is 0. The molecule has 0 bridgehead atoms. The quantitative estimate of drug-likeness (QED) is 0.868. The maximum Gasteiger partial charge on any atom is 0.162 e. The average molecular weight is 321 g/mol. The number of aryl methyl sites for hydroxylation is 1. The first kappa shape index (κ1) is 12.6. The van der Waals surface area contributed by atoms with E-state index in [0.717, 1.165) is 9.26 Å². The number of anilines is 1. The smallest absolute Gasteiger partial charge is 0.162 e. The summed E-state index contributed by atoms with van der Waals surface area (Å²) in [5.41, 5.74) is 6.21. The monoisotopic (exact) mass is 321 g/mol. The van der Waals surface area contributed by atoms with Crippen molar-refractivity contribution in [2.24, 2.45) is 0 Å². The van der Waals surface area contributed by atoms with E-state index in [-0.39, 0.29) is 0 Å². The van der Waals surface area contributed by atoms with Crippen LogP contribution in [-0.4, -0.2) is 16.6 Å². The van der Waals surface area contributed by atoms with Gasteiger partial charge in [0, 0.05) is 6.61 Å². The van der Waals surface area contributed by atoms with Gasteiger partial charge in [-0.05, 0) is 50.3 Å². The Bertz CT molecular complexity index is 343. The molecule has 0 radical (unpaired) electrons. The van der Waals surface area contributed by atoms with Crippen molar-refractivity contribution in [3.8, 4) is 0 Å². The summed E-state index contributed by atoms with van der Waals surface area (Å²) in [6.07, 6.45) is 0. The minimum absolute atomic E-state index is 0.488.